The van der Waals surface area contributed by atoms with Crippen molar-refractivity contribution < 1.29 is 13.6 Å². The molecular weight excluding hydrogens is 419 g/mol. The van der Waals surface area contributed by atoms with Crippen LogP contribution >= 0.6 is 0 Å². The smallest absolute Gasteiger partial charge is 0.241 e. The average Bonchev–Trinajstić information content (AvgIpc) is 3.07. The first kappa shape index (κ1) is 23.0. The van der Waals surface area contributed by atoms with Gasteiger partial charge in [0.1, 0.15) is 17.3 Å². The molecular formula is C26H31FN4O2. The van der Waals surface area contributed by atoms with E-state index in [1.54, 1.807) is 12.1 Å². The lowest BCUT2D eigenvalue weighted by molar-refractivity contribution is -0.129. The quantitative estimate of drug-likeness (QED) is 0.544. The molecule has 0 radical (unpaired) electrons. The van der Waals surface area contributed by atoms with E-state index in [1.807, 2.05) is 23.1 Å². The zero-order valence-electron chi connectivity index (χ0n) is 19.1. The zero-order valence-corrected chi connectivity index (χ0v) is 19.1. The summed E-state index contributed by atoms with van der Waals surface area (Å²) in [5, 5.41) is 3.08. The normalized spacial score (nSPS) is 14.8. The van der Waals surface area contributed by atoms with Crippen LogP contribution in [0.1, 0.15) is 31.4 Å². The number of amides is 1. The van der Waals surface area contributed by atoms with Gasteiger partial charge in [-0.05, 0) is 37.1 Å². The molecule has 2 aromatic carbocycles. The Balaban J connectivity index is 1.33. The lowest BCUT2D eigenvalue weighted by Gasteiger charge is -2.21. The van der Waals surface area contributed by atoms with Crippen molar-refractivity contribution in [3.63, 3.8) is 0 Å². The second-order valence-electron chi connectivity index (χ2n) is 8.37. The molecule has 0 spiro atoms. The Labute approximate surface area is 194 Å². The number of hydrogen-bond acceptors (Lipinski definition) is 5. The highest BCUT2D eigenvalue weighted by atomic mass is 19.1. The van der Waals surface area contributed by atoms with Gasteiger partial charge in [-0.3, -0.25) is 9.69 Å². The molecule has 0 unspecified atom stereocenters. The second-order valence-corrected chi connectivity index (χ2v) is 8.37. The van der Waals surface area contributed by atoms with Crippen LogP contribution in [0.2, 0.25) is 0 Å². The van der Waals surface area contributed by atoms with E-state index in [-0.39, 0.29) is 18.3 Å². The number of rotatable bonds is 8. The molecule has 4 rings (SSSR count). The molecule has 0 bridgehead atoms. The van der Waals surface area contributed by atoms with Gasteiger partial charge in [0.05, 0.1) is 13.1 Å². The van der Waals surface area contributed by atoms with E-state index >= 15 is 0 Å². The Kier molecular flexibility index (Phi) is 7.73. The predicted octanol–water partition coefficient (Wildman–Crippen LogP) is 4.58. The summed E-state index contributed by atoms with van der Waals surface area (Å²) >= 11 is 0. The number of carbonyl (C=O) groups excluding carboxylic acids is 1. The lowest BCUT2D eigenvalue weighted by Crippen LogP contribution is -2.38. The number of anilines is 1. The fourth-order valence-corrected chi connectivity index (χ4v) is 4.11. The van der Waals surface area contributed by atoms with E-state index < -0.39 is 0 Å². The molecule has 6 nitrogen and oxygen atoms in total. The number of oxazole rings is 1. The number of benzene rings is 2. The number of nitrogens with zero attached hydrogens (tertiary/aromatic N) is 3. The van der Waals surface area contributed by atoms with Gasteiger partial charge in [0.25, 0.3) is 0 Å². The van der Waals surface area contributed by atoms with Crippen LogP contribution in [0.15, 0.2) is 59.0 Å². The van der Waals surface area contributed by atoms with Gasteiger partial charge in [0.15, 0.2) is 0 Å². The largest absolute Gasteiger partial charge is 0.444 e. The second kappa shape index (κ2) is 11.1. The van der Waals surface area contributed by atoms with Crippen molar-refractivity contribution in [1.82, 2.24) is 14.8 Å². The number of hydrogen-bond donors (Lipinski definition) is 1. The molecule has 1 aliphatic heterocycles. The summed E-state index contributed by atoms with van der Waals surface area (Å²) < 4.78 is 19.2. The highest BCUT2D eigenvalue weighted by Gasteiger charge is 2.21. The number of nitrogens with one attached hydrogen (secondary N) is 1. The number of carbonyl (C=O) groups is 1. The van der Waals surface area contributed by atoms with Crippen LogP contribution in [-0.2, 0) is 17.8 Å². The van der Waals surface area contributed by atoms with Crippen LogP contribution < -0.4 is 5.32 Å². The van der Waals surface area contributed by atoms with Crippen LogP contribution in [0.5, 0.6) is 0 Å². The van der Waals surface area contributed by atoms with E-state index in [4.69, 9.17) is 9.40 Å². The SMILES string of the molecule is CCCc1oc(CN2CCCN(C(=O)CNc3ccc(F)cc3)CC2)nc1-c1ccccc1. The molecule has 1 saturated heterocycles. The molecule has 0 saturated carbocycles. The van der Waals surface area contributed by atoms with Crippen LogP contribution in [0, 0.1) is 5.82 Å². The molecule has 174 valence electrons. The first-order valence-corrected chi connectivity index (χ1v) is 11.7. The standard InChI is InChI=1S/C26H31FN4O2/c1-2-7-23-26(20-8-4-3-5-9-20)29-24(33-23)19-30-14-6-15-31(17-16-30)25(32)18-28-22-12-10-21(27)11-13-22/h3-5,8-13,28H,2,6-7,14-19H2,1H3. The molecule has 1 aromatic heterocycles. The van der Waals surface area contributed by atoms with Crippen molar-refractivity contribution >= 4 is 11.6 Å². The fourth-order valence-electron chi connectivity index (χ4n) is 4.11. The van der Waals surface area contributed by atoms with Crippen LogP contribution in [0.3, 0.4) is 0 Å². The Hall–Kier alpha value is -3.19. The molecule has 0 atom stereocenters. The first-order valence-electron chi connectivity index (χ1n) is 11.7. The Bertz CT molecular complexity index is 1040. The molecule has 2 heterocycles. The lowest BCUT2D eigenvalue weighted by atomic mass is 10.1. The van der Waals surface area contributed by atoms with Crippen molar-refractivity contribution in [3.8, 4) is 11.3 Å². The molecule has 33 heavy (non-hydrogen) atoms. The predicted molar refractivity (Wildman–Crippen MR) is 127 cm³/mol. The molecule has 7 heteroatoms. The van der Waals surface area contributed by atoms with E-state index in [2.05, 4.69) is 29.3 Å². The van der Waals surface area contributed by atoms with Gasteiger partial charge >= 0.3 is 0 Å². The third-order valence-electron chi connectivity index (χ3n) is 5.85. The van der Waals surface area contributed by atoms with Gasteiger partial charge in [-0.1, -0.05) is 37.3 Å². The van der Waals surface area contributed by atoms with Crippen LogP contribution in [0.25, 0.3) is 11.3 Å². The third kappa shape index (κ3) is 6.20. The maximum Gasteiger partial charge on any atom is 0.241 e. The van der Waals surface area contributed by atoms with E-state index in [9.17, 15) is 9.18 Å². The average molecular weight is 451 g/mol. The molecule has 3 aromatic rings. The third-order valence-corrected chi connectivity index (χ3v) is 5.85. The first-order chi connectivity index (χ1) is 16.1. The van der Waals surface area contributed by atoms with Gasteiger partial charge in [-0.2, -0.15) is 0 Å². The van der Waals surface area contributed by atoms with Crippen molar-refractivity contribution in [2.24, 2.45) is 0 Å². The molecule has 1 amide bonds. The minimum atomic E-state index is -0.289. The van der Waals surface area contributed by atoms with Crippen molar-refractivity contribution in [2.45, 2.75) is 32.7 Å². The molecule has 1 fully saturated rings. The van der Waals surface area contributed by atoms with E-state index in [0.29, 0.717) is 13.1 Å². The van der Waals surface area contributed by atoms with Crippen LogP contribution in [-0.4, -0.2) is 53.4 Å². The monoisotopic (exact) mass is 450 g/mol. The highest BCUT2D eigenvalue weighted by molar-refractivity contribution is 5.80. The number of aromatic nitrogens is 1. The minimum absolute atomic E-state index is 0.0499. The molecule has 1 N–H and O–H groups in total. The maximum absolute atomic E-state index is 13.0. The van der Waals surface area contributed by atoms with Gasteiger partial charge in [-0.25, -0.2) is 9.37 Å². The summed E-state index contributed by atoms with van der Waals surface area (Å²) in [6, 6.07) is 16.2. The fraction of sp³-hybridized carbons (Fsp3) is 0.385. The van der Waals surface area contributed by atoms with Gasteiger partial charge in [0, 0.05) is 43.9 Å². The summed E-state index contributed by atoms with van der Waals surface area (Å²) in [5.74, 6) is 1.43. The zero-order chi connectivity index (χ0) is 23.0. The van der Waals surface area contributed by atoms with Gasteiger partial charge in [-0.15, -0.1) is 0 Å². The minimum Gasteiger partial charge on any atom is -0.444 e. The van der Waals surface area contributed by atoms with E-state index in [1.165, 1.54) is 12.1 Å². The van der Waals surface area contributed by atoms with Crippen LogP contribution in [0.4, 0.5) is 10.1 Å². The Morgan fingerprint density at radius 1 is 1.06 bits per heavy atom. The van der Waals surface area contributed by atoms with Crippen molar-refractivity contribution in [3.05, 3.63) is 72.1 Å². The van der Waals surface area contributed by atoms with Crippen molar-refractivity contribution in [2.75, 3.05) is 38.0 Å². The van der Waals surface area contributed by atoms with Gasteiger partial charge in [0.2, 0.25) is 11.8 Å². The summed E-state index contributed by atoms with van der Waals surface area (Å²) in [6.45, 7) is 6.03. The summed E-state index contributed by atoms with van der Waals surface area (Å²) in [4.78, 5) is 21.7. The summed E-state index contributed by atoms with van der Waals surface area (Å²) in [5.41, 5.74) is 2.75. The highest BCUT2D eigenvalue weighted by Crippen LogP contribution is 2.26. The van der Waals surface area contributed by atoms with E-state index in [0.717, 1.165) is 67.5 Å². The Morgan fingerprint density at radius 3 is 2.61 bits per heavy atom. The number of aryl methyl sites for hydroxylation is 1. The topological polar surface area (TPSA) is 61.6 Å². The summed E-state index contributed by atoms with van der Waals surface area (Å²) in [6.07, 6.45) is 2.76. The maximum atomic E-state index is 13.0. The number of halogens is 1. The van der Waals surface area contributed by atoms with Crippen molar-refractivity contribution in [1.29, 1.82) is 0 Å². The summed E-state index contributed by atoms with van der Waals surface area (Å²) in [7, 11) is 0. The Morgan fingerprint density at radius 2 is 1.85 bits per heavy atom. The molecule has 1 aliphatic rings. The molecule has 0 aliphatic carbocycles. The van der Waals surface area contributed by atoms with Gasteiger partial charge < -0.3 is 14.6 Å².